The van der Waals surface area contributed by atoms with Crippen LogP contribution in [0.1, 0.15) is 16.8 Å². The van der Waals surface area contributed by atoms with Crippen LogP contribution in [-0.4, -0.2) is 35.4 Å². The zero-order chi connectivity index (χ0) is 13.7. The van der Waals surface area contributed by atoms with Crippen LogP contribution < -0.4 is 16.2 Å². The minimum absolute atomic E-state index is 0. The second-order valence-electron chi connectivity index (χ2n) is 4.12. The first-order chi connectivity index (χ1) is 9.24. The first-order valence-electron chi connectivity index (χ1n) is 6.13. The fourth-order valence-electron chi connectivity index (χ4n) is 1.74. The number of hydrogen-bond donors (Lipinski definition) is 2. The number of halogens is 1. The Morgan fingerprint density at radius 1 is 1.35 bits per heavy atom. The first-order valence-corrected chi connectivity index (χ1v) is 6.13. The van der Waals surface area contributed by atoms with Crippen molar-refractivity contribution in [3.63, 3.8) is 0 Å². The topological polar surface area (TPSA) is 75.5 Å². The number of carbonyl (C=O) groups excluding carboxylic acids is 1. The summed E-state index contributed by atoms with van der Waals surface area (Å²) < 4.78 is 1.36. The quantitative estimate of drug-likeness (QED) is 0.786. The lowest BCUT2D eigenvalue weighted by Crippen LogP contribution is -2.32. The minimum atomic E-state index is -0.383. The van der Waals surface area contributed by atoms with Crippen LogP contribution in [0.15, 0.2) is 35.4 Å². The molecule has 0 atom stereocenters. The van der Waals surface area contributed by atoms with Gasteiger partial charge in [0.25, 0.3) is 11.5 Å². The Kier molecular flexibility index (Phi) is 6.14. The van der Waals surface area contributed by atoms with Crippen molar-refractivity contribution in [3.8, 4) is 0 Å². The number of carbonyl (C=O) groups is 1. The summed E-state index contributed by atoms with van der Waals surface area (Å²) in [5.74, 6) is -0.383. The normalized spacial score (nSPS) is 10.1. The van der Waals surface area contributed by atoms with Gasteiger partial charge >= 0.3 is 0 Å². The van der Waals surface area contributed by atoms with Gasteiger partial charge in [0.15, 0.2) is 0 Å². The molecule has 108 valence electrons. The number of aromatic nitrogens is 2. The maximum atomic E-state index is 12.1. The highest BCUT2D eigenvalue weighted by atomic mass is 35.5. The monoisotopic (exact) mass is 296 g/mol. The van der Waals surface area contributed by atoms with Gasteiger partial charge in [0.1, 0.15) is 11.2 Å². The van der Waals surface area contributed by atoms with E-state index in [0.717, 1.165) is 13.0 Å². The number of pyridine rings is 1. The van der Waals surface area contributed by atoms with Gasteiger partial charge in [-0.1, -0.05) is 6.07 Å². The van der Waals surface area contributed by atoms with Gasteiger partial charge in [0.05, 0.1) is 0 Å². The molecule has 7 heteroatoms. The van der Waals surface area contributed by atoms with Gasteiger partial charge in [-0.2, -0.15) is 0 Å². The fraction of sp³-hybridized carbons (Fsp3) is 0.308. The Morgan fingerprint density at radius 2 is 2.15 bits per heavy atom. The Bertz CT molecular complexity index is 642. The first kappa shape index (κ1) is 16.1. The molecule has 2 N–H and O–H groups in total. The molecule has 0 unspecified atom stereocenters. The summed E-state index contributed by atoms with van der Waals surface area (Å²) >= 11 is 0. The van der Waals surface area contributed by atoms with E-state index < -0.39 is 0 Å². The van der Waals surface area contributed by atoms with Crippen LogP contribution in [0.25, 0.3) is 5.65 Å². The van der Waals surface area contributed by atoms with E-state index in [1.807, 2.05) is 7.05 Å². The van der Waals surface area contributed by atoms with Crippen LogP contribution in [0.5, 0.6) is 0 Å². The van der Waals surface area contributed by atoms with Gasteiger partial charge in [-0.05, 0) is 32.1 Å². The molecule has 0 radical (unpaired) electrons. The number of rotatable bonds is 5. The highest BCUT2D eigenvalue weighted by Crippen LogP contribution is 1.97. The third-order valence-electron chi connectivity index (χ3n) is 2.75. The van der Waals surface area contributed by atoms with Gasteiger partial charge in [0, 0.05) is 18.9 Å². The maximum Gasteiger partial charge on any atom is 0.270 e. The van der Waals surface area contributed by atoms with Crippen LogP contribution in [0.3, 0.4) is 0 Å². The van der Waals surface area contributed by atoms with E-state index >= 15 is 0 Å². The second kappa shape index (κ2) is 7.62. The SMILES string of the molecule is CNCCCNC(=O)c1cnc2ccccn2c1=O.Cl. The molecule has 0 spiro atoms. The number of amides is 1. The van der Waals surface area contributed by atoms with E-state index in [9.17, 15) is 9.59 Å². The zero-order valence-electron chi connectivity index (χ0n) is 11.1. The Hall–Kier alpha value is -1.92. The van der Waals surface area contributed by atoms with Crippen molar-refractivity contribution in [1.82, 2.24) is 20.0 Å². The molecule has 2 aromatic heterocycles. The van der Waals surface area contributed by atoms with Crippen molar-refractivity contribution >= 4 is 24.0 Å². The molecule has 0 saturated carbocycles. The lowest BCUT2D eigenvalue weighted by Gasteiger charge is -2.05. The molecule has 0 bridgehead atoms. The van der Waals surface area contributed by atoms with Gasteiger partial charge in [-0.15, -0.1) is 12.4 Å². The maximum absolute atomic E-state index is 12.1. The van der Waals surface area contributed by atoms with Crippen molar-refractivity contribution < 1.29 is 4.79 Å². The molecule has 0 saturated heterocycles. The predicted octanol–water partition coefficient (Wildman–Crippen LogP) is 0.456. The highest BCUT2D eigenvalue weighted by Gasteiger charge is 2.12. The van der Waals surface area contributed by atoms with Crippen molar-refractivity contribution in [3.05, 3.63) is 46.5 Å². The molecular formula is C13H17ClN4O2. The van der Waals surface area contributed by atoms with Gasteiger partial charge in [-0.25, -0.2) is 4.98 Å². The summed E-state index contributed by atoms with van der Waals surface area (Å²) in [6.45, 7) is 1.34. The molecule has 2 aromatic rings. The number of hydrogen-bond acceptors (Lipinski definition) is 4. The number of nitrogens with one attached hydrogen (secondary N) is 2. The predicted molar refractivity (Wildman–Crippen MR) is 79.6 cm³/mol. The van der Waals surface area contributed by atoms with Crippen molar-refractivity contribution in [2.75, 3.05) is 20.1 Å². The Balaban J connectivity index is 0.00000200. The fourth-order valence-corrected chi connectivity index (χ4v) is 1.74. The third kappa shape index (κ3) is 3.55. The van der Waals surface area contributed by atoms with E-state index in [1.54, 1.807) is 24.4 Å². The summed E-state index contributed by atoms with van der Waals surface area (Å²) in [5.41, 5.74) is 0.240. The van der Waals surface area contributed by atoms with Crippen molar-refractivity contribution in [1.29, 1.82) is 0 Å². The number of fused-ring (bicyclic) bond motifs is 1. The van der Waals surface area contributed by atoms with Crippen LogP contribution in [0, 0.1) is 0 Å². The van der Waals surface area contributed by atoms with Crippen molar-refractivity contribution in [2.24, 2.45) is 0 Å². The Labute approximate surface area is 122 Å². The molecule has 0 aliphatic heterocycles. The molecule has 1 amide bonds. The summed E-state index contributed by atoms with van der Waals surface area (Å²) in [4.78, 5) is 28.1. The summed E-state index contributed by atoms with van der Waals surface area (Å²) in [5, 5.41) is 5.69. The molecule has 0 fully saturated rings. The molecule has 2 heterocycles. The molecule has 20 heavy (non-hydrogen) atoms. The van der Waals surface area contributed by atoms with Gasteiger partial charge in [-0.3, -0.25) is 14.0 Å². The van der Waals surface area contributed by atoms with E-state index in [2.05, 4.69) is 15.6 Å². The van der Waals surface area contributed by atoms with E-state index in [0.29, 0.717) is 12.2 Å². The molecule has 6 nitrogen and oxygen atoms in total. The number of nitrogens with zero attached hydrogens (tertiary/aromatic N) is 2. The van der Waals surface area contributed by atoms with Gasteiger partial charge < -0.3 is 10.6 Å². The van der Waals surface area contributed by atoms with E-state index in [1.165, 1.54) is 10.6 Å². The third-order valence-corrected chi connectivity index (χ3v) is 2.75. The lowest BCUT2D eigenvalue weighted by molar-refractivity contribution is 0.0951. The summed E-state index contributed by atoms with van der Waals surface area (Å²) in [6.07, 6.45) is 3.73. The smallest absolute Gasteiger partial charge is 0.270 e. The zero-order valence-corrected chi connectivity index (χ0v) is 11.9. The largest absolute Gasteiger partial charge is 0.352 e. The molecule has 0 aromatic carbocycles. The summed E-state index contributed by atoms with van der Waals surface area (Å²) in [7, 11) is 1.85. The minimum Gasteiger partial charge on any atom is -0.352 e. The summed E-state index contributed by atoms with van der Waals surface area (Å²) in [6, 6.07) is 5.24. The Morgan fingerprint density at radius 3 is 2.90 bits per heavy atom. The van der Waals surface area contributed by atoms with E-state index in [4.69, 9.17) is 0 Å². The molecule has 2 rings (SSSR count). The van der Waals surface area contributed by atoms with Crippen LogP contribution in [0.4, 0.5) is 0 Å². The van der Waals surface area contributed by atoms with Crippen molar-refractivity contribution in [2.45, 2.75) is 6.42 Å². The lowest BCUT2D eigenvalue weighted by atomic mass is 10.3. The van der Waals surface area contributed by atoms with Crippen LogP contribution in [0.2, 0.25) is 0 Å². The van der Waals surface area contributed by atoms with E-state index in [-0.39, 0.29) is 29.4 Å². The standard InChI is InChI=1S/C13H16N4O2.ClH/c1-14-6-4-7-15-12(18)10-9-16-11-5-2-3-8-17(11)13(10)19;/h2-3,5,8-9,14H,4,6-7H2,1H3,(H,15,18);1H. The van der Waals surface area contributed by atoms with Crippen LogP contribution in [-0.2, 0) is 0 Å². The molecule has 0 aliphatic rings. The molecule has 0 aliphatic carbocycles. The van der Waals surface area contributed by atoms with Gasteiger partial charge in [0.2, 0.25) is 0 Å². The molecular weight excluding hydrogens is 280 g/mol. The highest BCUT2D eigenvalue weighted by molar-refractivity contribution is 5.93. The average Bonchev–Trinajstić information content (AvgIpc) is 2.44. The van der Waals surface area contributed by atoms with Crippen LogP contribution >= 0.6 is 12.4 Å². The average molecular weight is 297 g/mol. The second-order valence-corrected chi connectivity index (χ2v) is 4.12.